The van der Waals surface area contributed by atoms with Crippen LogP contribution < -0.4 is 0 Å². The topological polar surface area (TPSA) is 0 Å². The SMILES string of the molecule is [Ag].[Au].[Bi].[Cd].[Ga].[Hg].[In].[Pb].[Sb].[Sn]. The van der Waals surface area contributed by atoms with E-state index in [1.807, 2.05) is 0 Å². The fraction of sp³-hybridized carbons (Fsp3) is 0. The van der Waals surface area contributed by atoms with Crippen LogP contribution in [-0.2, 0) is 99.7 Å². The van der Waals surface area contributed by atoms with Crippen LogP contribution in [0.15, 0.2) is 0 Å². The summed E-state index contributed by atoms with van der Waals surface area (Å²) in [5, 5.41) is 0. The van der Waals surface area contributed by atoms with Gasteiger partial charge in [-0.1, -0.05) is 0 Å². The Bertz CT molecular complexity index is 33.2. The van der Waals surface area contributed by atoms with Crippen molar-refractivity contribution < 1.29 is 99.7 Å². The van der Waals surface area contributed by atoms with Gasteiger partial charge in [-0.25, -0.2) is 0 Å². The molecule has 0 saturated heterocycles. The van der Waals surface area contributed by atoms with E-state index < -0.39 is 0 Å². The predicted molar refractivity (Wildman–Crippen MR) is 34.5 cm³/mol. The fourth-order valence-electron chi connectivity index (χ4n) is 0. The summed E-state index contributed by atoms with van der Waals surface area (Å²) in [4.78, 5) is 0. The molecule has 0 saturated carbocycles. The molecule has 0 aliphatic carbocycles. The first-order chi connectivity index (χ1) is 0. The van der Waals surface area contributed by atoms with Crippen molar-refractivity contribution in [2.75, 3.05) is 0 Å². The van der Waals surface area contributed by atoms with Gasteiger partial charge in [-0.15, -0.1) is 0 Å². The average molecular weight is 1460 g/mol. The number of hydrogen-bond acceptors (Lipinski definition) is 0. The molecule has 0 amide bonds. The Balaban J connectivity index is 0. The first kappa shape index (κ1) is 79.7. The molecule has 0 heterocycles. The second-order valence-electron chi connectivity index (χ2n) is 0. The zero-order chi connectivity index (χ0) is 0. The molecule has 0 spiro atoms. The summed E-state index contributed by atoms with van der Waals surface area (Å²) in [6.45, 7) is 0. The van der Waals surface area contributed by atoms with E-state index in [2.05, 4.69) is 0 Å². The van der Waals surface area contributed by atoms with Gasteiger partial charge in [-0.2, -0.15) is 0 Å². The maximum Gasteiger partial charge on any atom is 0 e. The first-order valence-electron chi connectivity index (χ1n) is 0. The zero-order valence-electron chi connectivity index (χ0n) is 5.07. The molecule has 0 fully saturated rings. The third-order valence-electron chi connectivity index (χ3n) is 0. The largest absolute Gasteiger partial charge is 0 e. The molecule has 50 valence electrons. The van der Waals surface area contributed by atoms with E-state index in [-0.39, 0.29) is 247 Å². The van der Waals surface area contributed by atoms with Gasteiger partial charge in [0.25, 0.3) is 0 Å². The molecule has 0 aromatic heterocycles. The van der Waals surface area contributed by atoms with Crippen molar-refractivity contribution in [3.63, 3.8) is 0 Å². The van der Waals surface area contributed by atoms with E-state index in [1.54, 1.807) is 0 Å². The minimum Gasteiger partial charge on any atom is 0 e. The Morgan fingerprint density at radius 2 is 1.00 bits per heavy atom. The van der Waals surface area contributed by atoms with Crippen molar-refractivity contribution in [1.29, 1.82) is 0 Å². The van der Waals surface area contributed by atoms with Crippen LogP contribution in [0.2, 0.25) is 0 Å². The van der Waals surface area contributed by atoms with E-state index >= 15 is 0 Å². The Kier molecular flexibility index (Phi) is 533. The normalized spacial score (nSPS) is 0. The molecule has 0 aromatic carbocycles. The summed E-state index contributed by atoms with van der Waals surface area (Å²) < 4.78 is 0. The smallest absolute Gasteiger partial charge is 0 e. The molecule has 0 N–H and O–H groups in total. The summed E-state index contributed by atoms with van der Waals surface area (Å²) in [7, 11) is 0. The van der Waals surface area contributed by atoms with Gasteiger partial charge in [0, 0.05) is 247 Å². The zero-order valence-corrected chi connectivity index (χ0v) is 36.7. The molecule has 0 aliphatic heterocycles. The molecular weight excluding hydrogens is 1460 g/mol. The third kappa shape index (κ3) is 55.5. The van der Waals surface area contributed by atoms with Crippen molar-refractivity contribution in [3.8, 4) is 0 Å². The van der Waals surface area contributed by atoms with Gasteiger partial charge in [0.1, 0.15) is 0 Å². The van der Waals surface area contributed by atoms with Crippen molar-refractivity contribution >= 4 is 147 Å². The van der Waals surface area contributed by atoms with Crippen LogP contribution in [0.4, 0.5) is 0 Å². The standard InChI is InChI=1S/Ag.Au.Bi.Cd.Ga.Hg.In.Pb.Sb.Sn. The summed E-state index contributed by atoms with van der Waals surface area (Å²) in [5.74, 6) is 0. The molecule has 0 aromatic rings. The minimum absolute atomic E-state index is 0. The Hall–Kier alpha value is 8.27. The van der Waals surface area contributed by atoms with E-state index in [9.17, 15) is 0 Å². The van der Waals surface area contributed by atoms with Crippen LogP contribution in [0.5, 0.6) is 0 Å². The van der Waals surface area contributed by atoms with Crippen LogP contribution in [0.25, 0.3) is 0 Å². The van der Waals surface area contributed by atoms with Crippen LogP contribution in [0, 0.1) is 0 Å². The number of rotatable bonds is 0. The molecule has 0 nitrogen and oxygen atoms in total. The first-order valence-corrected chi connectivity index (χ1v) is 0. The van der Waals surface area contributed by atoms with Gasteiger partial charge in [0.05, 0.1) is 0 Å². The Labute approximate surface area is 240 Å². The second-order valence-corrected chi connectivity index (χ2v) is 0. The molecule has 10 heteroatoms. The molecule has 0 atom stereocenters. The predicted octanol–water partition coefficient (Wildman–Crippen LogP) is -2.29. The second kappa shape index (κ2) is 66.9. The van der Waals surface area contributed by atoms with Gasteiger partial charge in [0.2, 0.25) is 0 Å². The number of hydrogen-bond donors (Lipinski definition) is 0. The molecular formula is AgAuBiCdGaHgInPbSbSn. The van der Waals surface area contributed by atoms with Crippen molar-refractivity contribution in [3.05, 3.63) is 0 Å². The van der Waals surface area contributed by atoms with Gasteiger partial charge in [0.15, 0.2) is 0 Å². The monoisotopic (exact) mass is 1460 g/mol. The van der Waals surface area contributed by atoms with Crippen LogP contribution in [0.1, 0.15) is 0 Å². The quantitative estimate of drug-likeness (QED) is 0.240. The molecule has 0 rings (SSSR count). The van der Waals surface area contributed by atoms with Crippen molar-refractivity contribution in [1.82, 2.24) is 0 Å². The molecule has 0 bridgehead atoms. The van der Waals surface area contributed by atoms with E-state index in [0.29, 0.717) is 0 Å². The Morgan fingerprint density at radius 1 is 1.00 bits per heavy atom. The van der Waals surface area contributed by atoms with E-state index in [0.717, 1.165) is 0 Å². The molecule has 0 unspecified atom stereocenters. The maximum absolute atomic E-state index is 0. The van der Waals surface area contributed by atoms with E-state index in [4.69, 9.17) is 0 Å². The van der Waals surface area contributed by atoms with E-state index in [1.165, 1.54) is 0 Å². The van der Waals surface area contributed by atoms with Gasteiger partial charge in [-0.05, 0) is 0 Å². The summed E-state index contributed by atoms with van der Waals surface area (Å²) in [6, 6.07) is 0. The van der Waals surface area contributed by atoms with Gasteiger partial charge in [-0.3, -0.25) is 0 Å². The van der Waals surface area contributed by atoms with Gasteiger partial charge < -0.3 is 0 Å². The third-order valence-corrected chi connectivity index (χ3v) is 0. The molecule has 22 radical (unpaired) electrons. The summed E-state index contributed by atoms with van der Waals surface area (Å²) >= 11 is 0. The van der Waals surface area contributed by atoms with Crippen LogP contribution in [0.3, 0.4) is 0 Å². The van der Waals surface area contributed by atoms with Crippen LogP contribution in [-0.4, -0.2) is 147 Å². The van der Waals surface area contributed by atoms with Crippen LogP contribution >= 0.6 is 0 Å². The minimum atomic E-state index is 0. The average Bonchev–Trinajstić information content (AvgIpc) is 0. The van der Waals surface area contributed by atoms with Gasteiger partial charge >= 0.3 is 0 Å². The maximum atomic E-state index is 0. The molecule has 10 heavy (non-hydrogen) atoms. The summed E-state index contributed by atoms with van der Waals surface area (Å²) in [6.07, 6.45) is 0. The molecule has 0 aliphatic rings. The van der Waals surface area contributed by atoms with Crippen molar-refractivity contribution in [2.45, 2.75) is 0 Å². The fourth-order valence-corrected chi connectivity index (χ4v) is 0. The summed E-state index contributed by atoms with van der Waals surface area (Å²) in [5.41, 5.74) is 0. The Morgan fingerprint density at radius 3 is 1.00 bits per heavy atom. The van der Waals surface area contributed by atoms with Crippen molar-refractivity contribution in [2.24, 2.45) is 0 Å².